The van der Waals surface area contributed by atoms with Crippen LogP contribution in [0.15, 0.2) is 64.0 Å². The standard InChI is InChI=1S/C18H15FN2O4/c19-12-3-1-4-13(11-12)24-10-8-20-17(22)14-6-7-15(21-18(14)23)16-5-2-9-25-16/h1-7,9,11H,8,10H2,(H,20,22)(H,21,23). The number of carbonyl (C=O) groups excluding carboxylic acids is 1. The van der Waals surface area contributed by atoms with Crippen LogP contribution in [-0.4, -0.2) is 24.0 Å². The van der Waals surface area contributed by atoms with E-state index in [-0.39, 0.29) is 18.7 Å². The zero-order valence-electron chi connectivity index (χ0n) is 13.1. The van der Waals surface area contributed by atoms with Gasteiger partial charge in [0.2, 0.25) is 0 Å². The van der Waals surface area contributed by atoms with Crippen molar-refractivity contribution in [3.8, 4) is 17.2 Å². The molecule has 3 rings (SSSR count). The van der Waals surface area contributed by atoms with Crippen molar-refractivity contribution in [1.82, 2.24) is 10.3 Å². The minimum absolute atomic E-state index is 0.0129. The van der Waals surface area contributed by atoms with Crippen LogP contribution < -0.4 is 15.6 Å². The number of rotatable bonds is 6. The van der Waals surface area contributed by atoms with Gasteiger partial charge < -0.3 is 19.5 Å². The molecule has 6 nitrogen and oxygen atoms in total. The molecule has 128 valence electrons. The number of nitrogens with one attached hydrogen (secondary N) is 2. The van der Waals surface area contributed by atoms with Gasteiger partial charge in [-0.1, -0.05) is 6.07 Å². The van der Waals surface area contributed by atoms with E-state index in [1.807, 2.05) is 0 Å². The Morgan fingerprint density at radius 3 is 2.80 bits per heavy atom. The number of ether oxygens (including phenoxy) is 1. The van der Waals surface area contributed by atoms with E-state index >= 15 is 0 Å². The second-order valence-electron chi connectivity index (χ2n) is 5.15. The number of amides is 1. The number of aromatic amines is 1. The fourth-order valence-corrected chi connectivity index (χ4v) is 2.21. The van der Waals surface area contributed by atoms with Crippen molar-refractivity contribution in [1.29, 1.82) is 0 Å². The molecular weight excluding hydrogens is 327 g/mol. The number of pyridine rings is 1. The predicted octanol–water partition coefficient (Wildman–Crippen LogP) is 2.58. The molecule has 2 N–H and O–H groups in total. The second kappa shape index (κ2) is 7.48. The van der Waals surface area contributed by atoms with Crippen molar-refractivity contribution in [2.24, 2.45) is 0 Å². The average molecular weight is 342 g/mol. The Hall–Kier alpha value is -3.35. The normalized spacial score (nSPS) is 10.4. The van der Waals surface area contributed by atoms with Crippen LogP contribution in [0.2, 0.25) is 0 Å². The Balaban J connectivity index is 1.55. The molecule has 0 unspecified atom stereocenters. The third-order valence-electron chi connectivity index (χ3n) is 3.39. The molecule has 0 fully saturated rings. The monoisotopic (exact) mass is 342 g/mol. The summed E-state index contributed by atoms with van der Waals surface area (Å²) in [6.07, 6.45) is 1.49. The van der Waals surface area contributed by atoms with Crippen molar-refractivity contribution in [3.05, 3.63) is 76.5 Å². The molecule has 3 aromatic rings. The van der Waals surface area contributed by atoms with Crippen LogP contribution in [0.3, 0.4) is 0 Å². The van der Waals surface area contributed by atoms with E-state index in [2.05, 4.69) is 10.3 Å². The first kappa shape index (κ1) is 16.5. The predicted molar refractivity (Wildman–Crippen MR) is 89.0 cm³/mol. The zero-order chi connectivity index (χ0) is 17.6. The molecule has 2 aromatic heterocycles. The number of carbonyl (C=O) groups is 1. The lowest BCUT2D eigenvalue weighted by Gasteiger charge is -2.08. The molecule has 7 heteroatoms. The first-order valence-corrected chi connectivity index (χ1v) is 7.57. The van der Waals surface area contributed by atoms with Crippen molar-refractivity contribution in [3.63, 3.8) is 0 Å². The van der Waals surface area contributed by atoms with Crippen molar-refractivity contribution in [2.45, 2.75) is 0 Å². The van der Waals surface area contributed by atoms with E-state index in [9.17, 15) is 14.0 Å². The maximum Gasteiger partial charge on any atom is 0.261 e. The summed E-state index contributed by atoms with van der Waals surface area (Å²) in [4.78, 5) is 26.7. The molecule has 1 aromatic carbocycles. The van der Waals surface area contributed by atoms with Crippen LogP contribution in [0, 0.1) is 5.82 Å². The van der Waals surface area contributed by atoms with Gasteiger partial charge in [-0.25, -0.2) is 4.39 Å². The number of benzene rings is 1. The number of halogens is 1. The van der Waals surface area contributed by atoms with Gasteiger partial charge in [-0.3, -0.25) is 9.59 Å². The van der Waals surface area contributed by atoms with Gasteiger partial charge in [-0.05, 0) is 36.4 Å². The molecule has 0 radical (unpaired) electrons. The average Bonchev–Trinajstić information content (AvgIpc) is 3.13. The highest BCUT2D eigenvalue weighted by atomic mass is 19.1. The molecule has 1 amide bonds. The lowest BCUT2D eigenvalue weighted by Crippen LogP contribution is -2.32. The van der Waals surface area contributed by atoms with E-state index < -0.39 is 17.3 Å². The lowest BCUT2D eigenvalue weighted by atomic mass is 10.2. The summed E-state index contributed by atoms with van der Waals surface area (Å²) >= 11 is 0. The van der Waals surface area contributed by atoms with E-state index in [0.29, 0.717) is 17.2 Å². The van der Waals surface area contributed by atoms with Gasteiger partial charge in [0.25, 0.3) is 11.5 Å². The van der Waals surface area contributed by atoms with Crippen LogP contribution in [0.5, 0.6) is 5.75 Å². The van der Waals surface area contributed by atoms with Crippen LogP contribution in [0.25, 0.3) is 11.5 Å². The van der Waals surface area contributed by atoms with Crippen molar-refractivity contribution < 1.29 is 18.3 Å². The largest absolute Gasteiger partial charge is 0.492 e. The third-order valence-corrected chi connectivity index (χ3v) is 3.39. The van der Waals surface area contributed by atoms with Crippen LogP contribution in [-0.2, 0) is 0 Å². The molecular formula is C18H15FN2O4. The fraction of sp³-hybridized carbons (Fsp3) is 0.111. The number of furan rings is 1. The molecule has 0 aliphatic heterocycles. The molecule has 0 bridgehead atoms. The Kier molecular flexibility index (Phi) is 4.94. The molecule has 0 atom stereocenters. The summed E-state index contributed by atoms with van der Waals surface area (Å²) in [5.74, 6) is -0.0396. The Morgan fingerprint density at radius 1 is 1.20 bits per heavy atom. The summed E-state index contributed by atoms with van der Waals surface area (Å²) in [6, 6.07) is 12.1. The first-order valence-electron chi connectivity index (χ1n) is 7.57. The van der Waals surface area contributed by atoms with Crippen LogP contribution >= 0.6 is 0 Å². The fourth-order valence-electron chi connectivity index (χ4n) is 2.21. The highest BCUT2D eigenvalue weighted by molar-refractivity contribution is 5.94. The van der Waals surface area contributed by atoms with Gasteiger partial charge >= 0.3 is 0 Å². The molecule has 0 aliphatic carbocycles. The molecule has 0 spiro atoms. The number of aromatic nitrogens is 1. The minimum Gasteiger partial charge on any atom is -0.492 e. The number of hydrogen-bond acceptors (Lipinski definition) is 4. The molecule has 2 heterocycles. The molecule has 0 aliphatic rings. The lowest BCUT2D eigenvalue weighted by molar-refractivity contribution is 0.0945. The van der Waals surface area contributed by atoms with Crippen molar-refractivity contribution >= 4 is 5.91 Å². The third kappa shape index (κ3) is 4.14. The quantitative estimate of drug-likeness (QED) is 0.675. The molecule has 25 heavy (non-hydrogen) atoms. The SMILES string of the molecule is O=C(NCCOc1cccc(F)c1)c1ccc(-c2ccco2)[nH]c1=O. The molecule has 0 saturated carbocycles. The Labute approximate surface area is 142 Å². The van der Waals surface area contributed by atoms with Gasteiger partial charge in [0.1, 0.15) is 29.5 Å². The highest BCUT2D eigenvalue weighted by Crippen LogP contribution is 2.15. The first-order chi connectivity index (χ1) is 12.1. The second-order valence-corrected chi connectivity index (χ2v) is 5.15. The van der Waals surface area contributed by atoms with Crippen molar-refractivity contribution in [2.75, 3.05) is 13.2 Å². The maximum atomic E-state index is 13.0. The van der Waals surface area contributed by atoms with E-state index in [4.69, 9.17) is 9.15 Å². The van der Waals surface area contributed by atoms with Gasteiger partial charge in [-0.15, -0.1) is 0 Å². The summed E-state index contributed by atoms with van der Waals surface area (Å²) in [5, 5.41) is 2.58. The van der Waals surface area contributed by atoms with E-state index in [0.717, 1.165) is 0 Å². The molecule has 0 saturated heterocycles. The van der Waals surface area contributed by atoms with Gasteiger partial charge in [-0.2, -0.15) is 0 Å². The summed E-state index contributed by atoms with van der Waals surface area (Å²) < 4.78 is 23.5. The van der Waals surface area contributed by atoms with E-state index in [1.165, 1.54) is 30.5 Å². The Bertz CT molecular complexity index is 919. The smallest absolute Gasteiger partial charge is 0.261 e. The highest BCUT2D eigenvalue weighted by Gasteiger charge is 2.12. The van der Waals surface area contributed by atoms with Gasteiger partial charge in [0, 0.05) is 6.07 Å². The summed E-state index contributed by atoms with van der Waals surface area (Å²) in [5.41, 5.74) is -0.0421. The summed E-state index contributed by atoms with van der Waals surface area (Å²) in [6.45, 7) is 0.326. The number of hydrogen-bond donors (Lipinski definition) is 2. The topological polar surface area (TPSA) is 84.3 Å². The Morgan fingerprint density at radius 2 is 2.08 bits per heavy atom. The van der Waals surface area contributed by atoms with Crippen LogP contribution in [0.4, 0.5) is 4.39 Å². The zero-order valence-corrected chi connectivity index (χ0v) is 13.1. The number of H-pyrrole nitrogens is 1. The van der Waals surface area contributed by atoms with Gasteiger partial charge in [0.05, 0.1) is 18.5 Å². The minimum atomic E-state index is -0.518. The van der Waals surface area contributed by atoms with Crippen LogP contribution in [0.1, 0.15) is 10.4 Å². The van der Waals surface area contributed by atoms with E-state index in [1.54, 1.807) is 24.3 Å². The maximum absolute atomic E-state index is 13.0. The van der Waals surface area contributed by atoms with Gasteiger partial charge in [0.15, 0.2) is 0 Å². The summed E-state index contributed by atoms with van der Waals surface area (Å²) in [7, 11) is 0.